The minimum Gasteiger partial charge on any atom is -0.436 e. The normalized spacial score (nSPS) is 13.7. The average Bonchev–Trinajstić information content (AvgIpc) is 3.15. The lowest BCUT2D eigenvalue weighted by Crippen LogP contribution is -2.40. The first-order valence-electron chi connectivity index (χ1n) is 9.47. The second-order valence-electron chi connectivity index (χ2n) is 6.99. The molecule has 2 heterocycles. The Morgan fingerprint density at radius 2 is 1.64 bits per heavy atom. The van der Waals surface area contributed by atoms with E-state index in [2.05, 4.69) is 4.98 Å². The van der Waals surface area contributed by atoms with Crippen LogP contribution in [0.4, 0.5) is 0 Å². The van der Waals surface area contributed by atoms with E-state index in [1.165, 1.54) is 4.90 Å². The summed E-state index contributed by atoms with van der Waals surface area (Å²) in [4.78, 5) is 31.9. The number of para-hydroxylation sites is 2. The molecule has 138 valence electrons. The summed E-state index contributed by atoms with van der Waals surface area (Å²) in [5, 5.41) is 1.49. The summed E-state index contributed by atoms with van der Waals surface area (Å²) in [6.45, 7) is 2.48. The number of carbonyl (C=O) groups excluding carboxylic acids is 2. The first kappa shape index (κ1) is 16.7. The number of imide groups is 1. The molecule has 0 N–H and O–H groups in total. The van der Waals surface area contributed by atoms with Crippen LogP contribution in [0.2, 0.25) is 0 Å². The molecule has 5 rings (SSSR count). The molecule has 5 heteroatoms. The maximum atomic E-state index is 13.0. The van der Waals surface area contributed by atoms with Gasteiger partial charge in [0.15, 0.2) is 5.58 Å². The van der Waals surface area contributed by atoms with E-state index in [1.807, 2.05) is 49.4 Å². The quantitative estimate of drug-likeness (QED) is 0.472. The number of hydrogen-bond donors (Lipinski definition) is 0. The van der Waals surface area contributed by atoms with Crippen LogP contribution >= 0.6 is 0 Å². The summed E-state index contributed by atoms with van der Waals surface area (Å²) in [5.74, 6) is 0.0238. The molecule has 2 amide bonds. The molecule has 4 aromatic rings. The van der Waals surface area contributed by atoms with Crippen LogP contribution in [0.5, 0.6) is 0 Å². The van der Waals surface area contributed by atoms with Gasteiger partial charge in [-0.2, -0.15) is 0 Å². The Bertz CT molecular complexity index is 1200. The third kappa shape index (κ3) is 2.36. The van der Waals surface area contributed by atoms with Gasteiger partial charge in [0.2, 0.25) is 5.89 Å². The maximum absolute atomic E-state index is 13.0. The smallest absolute Gasteiger partial charge is 0.261 e. The van der Waals surface area contributed by atoms with Crippen molar-refractivity contribution in [2.75, 3.05) is 6.54 Å². The van der Waals surface area contributed by atoms with E-state index in [0.717, 1.165) is 29.3 Å². The molecule has 0 aliphatic carbocycles. The minimum absolute atomic E-state index is 0.230. The van der Waals surface area contributed by atoms with Crippen molar-refractivity contribution in [1.29, 1.82) is 0 Å². The molecule has 5 nitrogen and oxygen atoms in total. The third-order valence-electron chi connectivity index (χ3n) is 5.25. The van der Waals surface area contributed by atoms with Crippen LogP contribution in [0.15, 0.2) is 59.0 Å². The van der Waals surface area contributed by atoms with Crippen molar-refractivity contribution in [2.45, 2.75) is 19.8 Å². The predicted octanol–water partition coefficient (Wildman–Crippen LogP) is 5.04. The highest BCUT2D eigenvalue weighted by Gasteiger charge is 2.33. The highest BCUT2D eigenvalue weighted by Crippen LogP contribution is 2.37. The van der Waals surface area contributed by atoms with Crippen molar-refractivity contribution in [2.24, 2.45) is 0 Å². The molecule has 0 radical (unpaired) electrons. The number of benzene rings is 3. The molecule has 1 aromatic heterocycles. The number of carbonyl (C=O) groups is 2. The molecule has 3 aromatic carbocycles. The summed E-state index contributed by atoms with van der Waals surface area (Å²) >= 11 is 0. The van der Waals surface area contributed by atoms with Gasteiger partial charge in [0.25, 0.3) is 11.8 Å². The maximum Gasteiger partial charge on any atom is 0.261 e. The number of amides is 2. The highest BCUT2D eigenvalue weighted by molar-refractivity contribution is 6.26. The lowest BCUT2D eigenvalue weighted by atomic mass is 9.91. The van der Waals surface area contributed by atoms with Gasteiger partial charge in [-0.3, -0.25) is 14.5 Å². The zero-order chi connectivity index (χ0) is 19.3. The molecule has 0 atom stereocenters. The van der Waals surface area contributed by atoms with Gasteiger partial charge >= 0.3 is 0 Å². The number of rotatable bonds is 4. The van der Waals surface area contributed by atoms with Crippen LogP contribution in [-0.2, 0) is 0 Å². The number of hydrogen-bond acceptors (Lipinski definition) is 4. The lowest BCUT2D eigenvalue weighted by molar-refractivity contribution is 0.0608. The van der Waals surface area contributed by atoms with E-state index < -0.39 is 0 Å². The van der Waals surface area contributed by atoms with E-state index in [1.54, 1.807) is 12.1 Å². The van der Waals surface area contributed by atoms with Gasteiger partial charge < -0.3 is 4.42 Å². The molecule has 0 bridgehead atoms. The predicted molar refractivity (Wildman–Crippen MR) is 107 cm³/mol. The Balaban J connectivity index is 1.72. The average molecular weight is 370 g/mol. The Morgan fingerprint density at radius 3 is 2.43 bits per heavy atom. The Hall–Kier alpha value is -3.47. The van der Waals surface area contributed by atoms with E-state index in [9.17, 15) is 9.59 Å². The summed E-state index contributed by atoms with van der Waals surface area (Å²) in [7, 11) is 0. The molecule has 0 unspecified atom stereocenters. The van der Waals surface area contributed by atoms with E-state index >= 15 is 0 Å². The van der Waals surface area contributed by atoms with Crippen molar-refractivity contribution in [1.82, 2.24) is 9.88 Å². The fourth-order valence-corrected chi connectivity index (χ4v) is 3.84. The van der Waals surface area contributed by atoms with Crippen LogP contribution < -0.4 is 0 Å². The topological polar surface area (TPSA) is 63.4 Å². The van der Waals surface area contributed by atoms with Crippen molar-refractivity contribution >= 4 is 33.7 Å². The zero-order valence-electron chi connectivity index (χ0n) is 15.4. The minimum atomic E-state index is -0.230. The van der Waals surface area contributed by atoms with Crippen molar-refractivity contribution in [3.05, 3.63) is 65.7 Å². The first-order chi connectivity index (χ1) is 13.7. The van der Waals surface area contributed by atoms with Crippen molar-refractivity contribution < 1.29 is 14.0 Å². The number of nitrogens with zero attached hydrogens (tertiary/aromatic N) is 2. The van der Waals surface area contributed by atoms with Crippen LogP contribution in [0.1, 0.15) is 40.5 Å². The molecule has 28 heavy (non-hydrogen) atoms. The Kier molecular flexibility index (Phi) is 3.76. The standard InChI is InChI=1S/C23H18N2O3/c1-2-3-13-25-22(26)16-8-6-7-14-15(11-12-17(20(14)16)23(25)27)21-24-18-9-4-5-10-19(18)28-21/h4-12H,2-3,13H2,1H3. The van der Waals surface area contributed by atoms with E-state index in [4.69, 9.17) is 4.42 Å². The number of aromatic nitrogens is 1. The largest absolute Gasteiger partial charge is 0.436 e. The van der Waals surface area contributed by atoms with Gasteiger partial charge in [-0.15, -0.1) is 0 Å². The summed E-state index contributed by atoms with van der Waals surface area (Å²) < 4.78 is 5.93. The summed E-state index contributed by atoms with van der Waals surface area (Å²) in [5.41, 5.74) is 3.37. The van der Waals surface area contributed by atoms with Gasteiger partial charge in [-0.05, 0) is 42.1 Å². The highest BCUT2D eigenvalue weighted by atomic mass is 16.3. The second kappa shape index (κ2) is 6.30. The molecule has 1 aliphatic heterocycles. The van der Waals surface area contributed by atoms with Crippen LogP contribution in [0.3, 0.4) is 0 Å². The van der Waals surface area contributed by atoms with Gasteiger partial charge in [0, 0.05) is 28.6 Å². The summed E-state index contributed by atoms with van der Waals surface area (Å²) in [6.07, 6.45) is 1.72. The monoisotopic (exact) mass is 370 g/mol. The first-order valence-corrected chi connectivity index (χ1v) is 9.47. The summed E-state index contributed by atoms with van der Waals surface area (Å²) in [6, 6.07) is 16.8. The van der Waals surface area contributed by atoms with Gasteiger partial charge in [-0.1, -0.05) is 37.6 Å². The van der Waals surface area contributed by atoms with E-state index in [0.29, 0.717) is 34.5 Å². The fourth-order valence-electron chi connectivity index (χ4n) is 3.84. The molecule has 0 saturated carbocycles. The molecule has 0 spiro atoms. The number of fused-ring (bicyclic) bond motifs is 1. The second-order valence-corrected chi connectivity index (χ2v) is 6.99. The van der Waals surface area contributed by atoms with Crippen molar-refractivity contribution in [3.8, 4) is 11.5 Å². The zero-order valence-corrected chi connectivity index (χ0v) is 15.4. The van der Waals surface area contributed by atoms with E-state index in [-0.39, 0.29) is 11.8 Å². The van der Waals surface area contributed by atoms with Gasteiger partial charge in [0.1, 0.15) is 5.52 Å². The Labute approximate surface area is 161 Å². The molecule has 0 fully saturated rings. The third-order valence-corrected chi connectivity index (χ3v) is 5.25. The van der Waals surface area contributed by atoms with Crippen LogP contribution in [0.25, 0.3) is 33.3 Å². The SMILES string of the molecule is CCCCN1C(=O)c2cccc3c(-c4nc5ccccc5o4)ccc(c23)C1=O. The fraction of sp³-hybridized carbons (Fsp3) is 0.174. The van der Waals surface area contributed by atoms with Gasteiger partial charge in [0.05, 0.1) is 0 Å². The van der Waals surface area contributed by atoms with Crippen LogP contribution in [0, 0.1) is 0 Å². The molecule has 1 aliphatic rings. The van der Waals surface area contributed by atoms with Crippen LogP contribution in [-0.4, -0.2) is 28.2 Å². The van der Waals surface area contributed by atoms with Crippen molar-refractivity contribution in [3.63, 3.8) is 0 Å². The molecule has 0 saturated heterocycles. The molecular formula is C23H18N2O3. The Morgan fingerprint density at radius 1 is 0.893 bits per heavy atom. The van der Waals surface area contributed by atoms with Gasteiger partial charge in [-0.25, -0.2) is 4.98 Å². The number of oxazole rings is 1. The number of unbranched alkanes of at least 4 members (excludes halogenated alkanes) is 1. The lowest BCUT2D eigenvalue weighted by Gasteiger charge is -2.27. The molecular weight excluding hydrogens is 352 g/mol.